The van der Waals surface area contributed by atoms with Crippen molar-refractivity contribution in [2.75, 3.05) is 31.1 Å². The van der Waals surface area contributed by atoms with Crippen molar-refractivity contribution in [3.63, 3.8) is 0 Å². The standard InChI is InChI=1S/C18H26N2O2/c1-15-8-12-19(13-9-15)10-4-5-11-20-16-6-2-3-7-17(16)22-18(20)14-21/h2-3,6-7,14-15,18H,4-5,8-13H2,1H3. The molecule has 0 saturated carbocycles. The molecular formula is C18H26N2O2. The molecule has 22 heavy (non-hydrogen) atoms. The van der Waals surface area contributed by atoms with Gasteiger partial charge >= 0.3 is 0 Å². The molecule has 1 saturated heterocycles. The van der Waals surface area contributed by atoms with Crippen LogP contribution in [-0.2, 0) is 4.79 Å². The molecule has 4 heteroatoms. The molecule has 0 radical (unpaired) electrons. The maximum Gasteiger partial charge on any atom is 0.229 e. The SMILES string of the molecule is CC1CCN(CCCCN2c3ccccc3OC2C=O)CC1. The van der Waals surface area contributed by atoms with E-state index in [-0.39, 0.29) is 0 Å². The quantitative estimate of drug-likeness (QED) is 0.597. The number of unbranched alkanes of at least 4 members (excludes halogenated alkanes) is 1. The fourth-order valence-corrected chi connectivity index (χ4v) is 3.38. The topological polar surface area (TPSA) is 32.8 Å². The average Bonchev–Trinajstić information content (AvgIpc) is 2.91. The summed E-state index contributed by atoms with van der Waals surface area (Å²) in [7, 11) is 0. The highest BCUT2D eigenvalue weighted by molar-refractivity contribution is 5.72. The molecule has 1 aromatic rings. The molecule has 0 amide bonds. The molecule has 120 valence electrons. The number of likely N-dealkylation sites (tertiary alicyclic amines) is 1. The Bertz CT molecular complexity index is 498. The molecule has 1 atom stereocenters. The van der Waals surface area contributed by atoms with Crippen LogP contribution in [0.1, 0.15) is 32.6 Å². The van der Waals surface area contributed by atoms with Crippen LogP contribution in [0.5, 0.6) is 5.75 Å². The first kappa shape index (κ1) is 15.3. The number of rotatable bonds is 6. The lowest BCUT2D eigenvalue weighted by atomic mass is 9.99. The molecule has 1 fully saturated rings. The molecule has 3 rings (SSSR count). The van der Waals surface area contributed by atoms with E-state index in [0.29, 0.717) is 0 Å². The van der Waals surface area contributed by atoms with Gasteiger partial charge in [0.1, 0.15) is 5.75 Å². The van der Waals surface area contributed by atoms with E-state index in [1.807, 2.05) is 24.3 Å². The molecule has 2 aliphatic heterocycles. The van der Waals surface area contributed by atoms with Crippen molar-refractivity contribution in [2.24, 2.45) is 5.92 Å². The van der Waals surface area contributed by atoms with E-state index in [1.165, 1.54) is 38.9 Å². The van der Waals surface area contributed by atoms with Gasteiger partial charge in [-0.2, -0.15) is 0 Å². The van der Waals surface area contributed by atoms with Crippen LogP contribution >= 0.6 is 0 Å². The Balaban J connectivity index is 1.46. The largest absolute Gasteiger partial charge is 0.461 e. The Morgan fingerprint density at radius 3 is 2.68 bits per heavy atom. The minimum absolute atomic E-state index is 0.451. The lowest BCUT2D eigenvalue weighted by Gasteiger charge is -2.30. The highest BCUT2D eigenvalue weighted by atomic mass is 16.5. The molecule has 0 aromatic heterocycles. The molecule has 4 nitrogen and oxygen atoms in total. The first-order valence-electron chi connectivity index (χ1n) is 8.48. The summed E-state index contributed by atoms with van der Waals surface area (Å²) in [5, 5.41) is 0. The molecule has 0 spiro atoms. The molecular weight excluding hydrogens is 276 g/mol. The highest BCUT2D eigenvalue weighted by Gasteiger charge is 2.29. The molecule has 0 N–H and O–H groups in total. The summed E-state index contributed by atoms with van der Waals surface area (Å²) in [6.45, 7) is 6.89. The first-order valence-corrected chi connectivity index (χ1v) is 8.48. The number of hydrogen-bond donors (Lipinski definition) is 0. The van der Waals surface area contributed by atoms with E-state index in [2.05, 4.69) is 16.7 Å². The third-order valence-electron chi connectivity index (χ3n) is 4.85. The van der Waals surface area contributed by atoms with Gasteiger partial charge in [-0.25, -0.2) is 0 Å². The van der Waals surface area contributed by atoms with Crippen molar-refractivity contribution >= 4 is 12.0 Å². The molecule has 1 aromatic carbocycles. The summed E-state index contributed by atoms with van der Waals surface area (Å²) in [4.78, 5) is 15.9. The highest BCUT2D eigenvalue weighted by Crippen LogP contribution is 2.36. The van der Waals surface area contributed by atoms with E-state index in [9.17, 15) is 4.79 Å². The molecule has 2 aliphatic rings. The van der Waals surface area contributed by atoms with Gasteiger partial charge in [-0.05, 0) is 63.4 Å². The van der Waals surface area contributed by atoms with Gasteiger partial charge in [0.2, 0.25) is 6.23 Å². The molecule has 1 unspecified atom stereocenters. The number of para-hydroxylation sites is 2. The summed E-state index contributed by atoms with van der Waals surface area (Å²) in [6.07, 6.45) is 5.38. The van der Waals surface area contributed by atoms with Crippen LogP contribution in [0.4, 0.5) is 5.69 Å². The zero-order valence-corrected chi connectivity index (χ0v) is 13.4. The fraction of sp³-hybridized carbons (Fsp3) is 0.611. The Morgan fingerprint density at radius 1 is 1.18 bits per heavy atom. The third kappa shape index (κ3) is 3.43. The predicted molar refractivity (Wildman–Crippen MR) is 88.3 cm³/mol. The minimum Gasteiger partial charge on any atom is -0.461 e. The second-order valence-corrected chi connectivity index (χ2v) is 6.54. The van der Waals surface area contributed by atoms with Crippen molar-refractivity contribution in [3.8, 4) is 5.75 Å². The number of hydrogen-bond acceptors (Lipinski definition) is 4. The summed E-state index contributed by atoms with van der Waals surface area (Å²) in [5.74, 6) is 1.72. The number of carbonyl (C=O) groups excluding carboxylic acids is 1. The summed E-state index contributed by atoms with van der Waals surface area (Å²) >= 11 is 0. The van der Waals surface area contributed by atoms with E-state index in [0.717, 1.165) is 36.6 Å². The zero-order valence-electron chi connectivity index (χ0n) is 13.4. The zero-order chi connectivity index (χ0) is 15.4. The van der Waals surface area contributed by atoms with Gasteiger partial charge in [0.05, 0.1) is 5.69 Å². The number of fused-ring (bicyclic) bond motifs is 1. The van der Waals surface area contributed by atoms with E-state index in [1.54, 1.807) is 0 Å². The van der Waals surface area contributed by atoms with Crippen molar-refractivity contribution in [2.45, 2.75) is 38.8 Å². The lowest BCUT2D eigenvalue weighted by Crippen LogP contribution is -2.37. The summed E-state index contributed by atoms with van der Waals surface area (Å²) in [5.41, 5.74) is 1.05. The second-order valence-electron chi connectivity index (χ2n) is 6.54. The number of ether oxygens (including phenoxy) is 1. The summed E-state index contributed by atoms with van der Waals surface area (Å²) < 4.78 is 5.67. The van der Waals surface area contributed by atoms with Crippen LogP contribution in [0.15, 0.2) is 24.3 Å². The molecule has 0 aliphatic carbocycles. The number of anilines is 1. The fourth-order valence-electron chi connectivity index (χ4n) is 3.38. The Morgan fingerprint density at radius 2 is 1.91 bits per heavy atom. The van der Waals surface area contributed by atoms with Crippen molar-refractivity contribution in [1.29, 1.82) is 0 Å². The van der Waals surface area contributed by atoms with Crippen LogP contribution in [0, 0.1) is 5.92 Å². The average molecular weight is 302 g/mol. The van der Waals surface area contributed by atoms with Crippen LogP contribution in [0.2, 0.25) is 0 Å². The van der Waals surface area contributed by atoms with Gasteiger partial charge in [0.25, 0.3) is 0 Å². The number of nitrogens with zero attached hydrogens (tertiary/aromatic N) is 2. The van der Waals surface area contributed by atoms with E-state index < -0.39 is 6.23 Å². The first-order chi connectivity index (χ1) is 10.8. The Hall–Kier alpha value is -1.55. The minimum atomic E-state index is -0.451. The van der Waals surface area contributed by atoms with E-state index in [4.69, 9.17) is 4.74 Å². The second kappa shape index (κ2) is 7.14. The smallest absolute Gasteiger partial charge is 0.229 e. The maximum atomic E-state index is 11.2. The third-order valence-corrected chi connectivity index (χ3v) is 4.85. The number of aldehydes is 1. The molecule has 0 bridgehead atoms. The summed E-state index contributed by atoms with van der Waals surface area (Å²) in [6, 6.07) is 7.91. The van der Waals surface area contributed by atoms with E-state index >= 15 is 0 Å². The monoisotopic (exact) mass is 302 g/mol. The predicted octanol–water partition coefficient (Wildman–Crippen LogP) is 2.92. The Kier molecular flexibility index (Phi) is 4.98. The normalized spacial score (nSPS) is 22.4. The van der Waals surface area contributed by atoms with Crippen LogP contribution in [0.25, 0.3) is 0 Å². The molecule has 2 heterocycles. The van der Waals surface area contributed by atoms with Gasteiger partial charge in [-0.15, -0.1) is 0 Å². The van der Waals surface area contributed by atoms with Gasteiger partial charge in [-0.1, -0.05) is 19.1 Å². The van der Waals surface area contributed by atoms with Gasteiger partial charge in [0.15, 0.2) is 6.29 Å². The van der Waals surface area contributed by atoms with Gasteiger partial charge < -0.3 is 14.5 Å². The van der Waals surface area contributed by atoms with Gasteiger partial charge in [-0.3, -0.25) is 4.79 Å². The van der Waals surface area contributed by atoms with Gasteiger partial charge in [0, 0.05) is 6.54 Å². The number of carbonyl (C=O) groups is 1. The Labute approximate surface area is 133 Å². The van der Waals surface area contributed by atoms with Crippen molar-refractivity contribution in [3.05, 3.63) is 24.3 Å². The van der Waals surface area contributed by atoms with Crippen molar-refractivity contribution in [1.82, 2.24) is 4.90 Å². The lowest BCUT2D eigenvalue weighted by molar-refractivity contribution is -0.113. The van der Waals surface area contributed by atoms with Crippen LogP contribution < -0.4 is 9.64 Å². The number of benzene rings is 1. The maximum absolute atomic E-state index is 11.2. The van der Waals surface area contributed by atoms with Crippen LogP contribution in [0.3, 0.4) is 0 Å². The van der Waals surface area contributed by atoms with Crippen molar-refractivity contribution < 1.29 is 9.53 Å². The number of piperidine rings is 1. The van der Waals surface area contributed by atoms with Crippen LogP contribution in [-0.4, -0.2) is 43.6 Å².